The number of rotatable bonds is 4. The summed E-state index contributed by atoms with van der Waals surface area (Å²) in [5.74, 6) is 3.38. The zero-order valence-electron chi connectivity index (χ0n) is 31.5. The Hall–Kier alpha value is -6.58. The molecule has 1 spiro atoms. The summed E-state index contributed by atoms with van der Waals surface area (Å²) in [5, 5.41) is 2.36. The molecule has 4 aliphatic rings. The van der Waals surface area contributed by atoms with Crippen molar-refractivity contribution < 1.29 is 4.74 Å². The first-order chi connectivity index (χ1) is 27.6. The van der Waals surface area contributed by atoms with E-state index in [1.807, 2.05) is 0 Å². The molecule has 7 aromatic rings. The van der Waals surface area contributed by atoms with Gasteiger partial charge in [-0.1, -0.05) is 166 Å². The molecule has 0 amide bonds. The Kier molecular flexibility index (Phi) is 7.47. The second-order valence-electron chi connectivity index (χ2n) is 15.8. The van der Waals surface area contributed by atoms with E-state index < -0.39 is 5.41 Å². The molecular weight excluding hydrogens is 681 g/mol. The number of hydrogen-bond donors (Lipinski definition) is 0. The van der Waals surface area contributed by atoms with Crippen molar-refractivity contribution in [2.24, 2.45) is 11.8 Å². The summed E-state index contributed by atoms with van der Waals surface area (Å²) in [6.07, 6.45) is 13.4. The molecule has 56 heavy (non-hydrogen) atoms. The van der Waals surface area contributed by atoms with Crippen molar-refractivity contribution in [2.45, 2.75) is 32.1 Å². The first-order valence-electron chi connectivity index (χ1n) is 19.9. The second kappa shape index (κ2) is 12.7. The number of para-hydroxylation sites is 2. The maximum absolute atomic E-state index is 7.12. The monoisotopic (exact) mass is 720 g/mol. The van der Waals surface area contributed by atoms with E-state index in [9.17, 15) is 0 Å². The van der Waals surface area contributed by atoms with Crippen LogP contribution in [0.4, 0.5) is 0 Å². The van der Waals surface area contributed by atoms with Gasteiger partial charge in [0.25, 0.3) is 0 Å². The van der Waals surface area contributed by atoms with E-state index in [-0.39, 0.29) is 0 Å². The molecule has 3 nitrogen and oxygen atoms in total. The third kappa shape index (κ3) is 4.90. The van der Waals surface area contributed by atoms with Gasteiger partial charge in [-0.15, -0.1) is 0 Å². The highest BCUT2D eigenvalue weighted by Gasteiger charge is 2.52. The van der Waals surface area contributed by atoms with E-state index in [0.717, 1.165) is 63.6 Å². The Labute approximate surface area is 328 Å². The lowest BCUT2D eigenvalue weighted by Crippen LogP contribution is -2.34. The highest BCUT2D eigenvalue weighted by Crippen LogP contribution is 2.64. The second-order valence-corrected chi connectivity index (χ2v) is 15.8. The molecule has 6 aromatic carbocycles. The molecule has 1 aromatic heterocycles. The maximum atomic E-state index is 7.12. The first kappa shape index (κ1) is 32.8. The minimum absolute atomic E-state index is 0.427. The smallest absolute Gasteiger partial charge is 0.160 e. The van der Waals surface area contributed by atoms with E-state index in [2.05, 4.69) is 184 Å². The zero-order chi connectivity index (χ0) is 37.4. The van der Waals surface area contributed by atoms with Crippen molar-refractivity contribution in [3.05, 3.63) is 204 Å². The van der Waals surface area contributed by atoms with Gasteiger partial charge in [-0.2, -0.15) is 0 Å². The highest BCUT2D eigenvalue weighted by atomic mass is 16.5. The van der Waals surface area contributed by atoms with Gasteiger partial charge >= 0.3 is 0 Å². The van der Waals surface area contributed by atoms with Crippen molar-refractivity contribution in [1.82, 2.24) is 9.97 Å². The lowest BCUT2D eigenvalue weighted by atomic mass is 9.63. The van der Waals surface area contributed by atoms with Crippen LogP contribution in [0.2, 0.25) is 0 Å². The molecule has 1 aliphatic heterocycles. The van der Waals surface area contributed by atoms with Crippen LogP contribution in [0, 0.1) is 11.8 Å². The average molecular weight is 721 g/mol. The van der Waals surface area contributed by atoms with Crippen molar-refractivity contribution in [3.63, 3.8) is 0 Å². The summed E-state index contributed by atoms with van der Waals surface area (Å²) in [5.41, 5.74) is 14.5. The number of benzene rings is 6. The van der Waals surface area contributed by atoms with Gasteiger partial charge in [0.15, 0.2) is 5.82 Å². The van der Waals surface area contributed by atoms with Gasteiger partial charge in [-0.05, 0) is 87.0 Å². The first-order valence-corrected chi connectivity index (χ1v) is 19.9. The minimum Gasteiger partial charge on any atom is -0.456 e. The third-order valence-electron chi connectivity index (χ3n) is 12.3. The molecule has 0 saturated carbocycles. The molecule has 0 bridgehead atoms. The maximum Gasteiger partial charge on any atom is 0.160 e. The summed E-state index contributed by atoms with van der Waals surface area (Å²) in [7, 11) is 0. The molecule has 3 atom stereocenters. The number of nitrogens with zero attached hydrogens (tertiary/aromatic N) is 2. The summed E-state index contributed by atoms with van der Waals surface area (Å²) in [4.78, 5) is 10.8. The van der Waals surface area contributed by atoms with E-state index in [1.165, 1.54) is 49.9 Å². The fourth-order valence-electron chi connectivity index (χ4n) is 9.69. The molecule has 0 saturated heterocycles. The van der Waals surface area contributed by atoms with Crippen molar-refractivity contribution in [1.29, 1.82) is 0 Å². The highest BCUT2D eigenvalue weighted by molar-refractivity contribution is 6.05. The molecule has 2 heterocycles. The largest absolute Gasteiger partial charge is 0.456 e. The fraction of sp³-hybridized carbons (Fsp3) is 0.132. The molecule has 0 N–H and O–H groups in total. The topological polar surface area (TPSA) is 35.0 Å². The molecule has 0 fully saturated rings. The molecule has 3 unspecified atom stereocenters. The Morgan fingerprint density at radius 3 is 2.05 bits per heavy atom. The average Bonchev–Trinajstić information content (AvgIpc) is 3.53. The van der Waals surface area contributed by atoms with E-state index in [4.69, 9.17) is 14.7 Å². The minimum atomic E-state index is -0.488. The van der Waals surface area contributed by atoms with Gasteiger partial charge in [0.2, 0.25) is 0 Å². The standard InChI is InChI=1S/C53H40N2O/c1-33-23-26-36(27-24-33)52-54-48(42-30-29-37(35-13-4-3-5-14-35)38-15-6-7-16-39(38)42)32-49(55-52)43-18-12-21-46-51(43)56-50-22-11-10-20-45(50)53(46)44-19-9-8-17-40(44)41-28-25-34(2)31-47(41)53/h3-23,25-30,32-34H,24,31H2,1-2H3. The lowest BCUT2D eigenvalue weighted by molar-refractivity contribution is 0.431. The van der Waals surface area contributed by atoms with E-state index >= 15 is 0 Å². The zero-order valence-corrected chi connectivity index (χ0v) is 31.5. The van der Waals surface area contributed by atoms with E-state index in [0.29, 0.717) is 11.8 Å². The van der Waals surface area contributed by atoms with Crippen LogP contribution in [0.25, 0.3) is 55.6 Å². The van der Waals surface area contributed by atoms with Gasteiger partial charge in [-0.25, -0.2) is 9.97 Å². The van der Waals surface area contributed by atoms with Gasteiger partial charge in [0, 0.05) is 27.8 Å². The summed E-state index contributed by atoms with van der Waals surface area (Å²) in [6.45, 7) is 4.58. The number of allylic oxidation sites excluding steroid dienone is 8. The molecule has 0 radical (unpaired) electrons. The molecule has 268 valence electrons. The Morgan fingerprint density at radius 1 is 0.571 bits per heavy atom. The van der Waals surface area contributed by atoms with Crippen LogP contribution in [0.3, 0.4) is 0 Å². The predicted octanol–water partition coefficient (Wildman–Crippen LogP) is 13.4. The van der Waals surface area contributed by atoms with Crippen molar-refractivity contribution >= 4 is 21.9 Å². The van der Waals surface area contributed by atoms with E-state index in [1.54, 1.807) is 0 Å². The molecule has 3 heteroatoms. The Bertz CT molecular complexity index is 2880. The van der Waals surface area contributed by atoms with Crippen LogP contribution >= 0.6 is 0 Å². The SMILES string of the molecule is CC1C=CC(c2nc(-c3cccc4c3Oc3ccccc3C43C4=C(C=CC(C)C4)c4ccccc43)cc(-c3ccc(-c4ccccc4)c4ccccc34)n2)=CC1. The molecule has 3 aliphatic carbocycles. The molecule has 11 rings (SSSR count). The lowest BCUT2D eigenvalue weighted by Gasteiger charge is -2.42. The van der Waals surface area contributed by atoms with Gasteiger partial charge in [0.05, 0.1) is 16.8 Å². The van der Waals surface area contributed by atoms with Crippen LogP contribution in [0.1, 0.15) is 54.8 Å². The fourth-order valence-corrected chi connectivity index (χ4v) is 9.69. The van der Waals surface area contributed by atoms with Crippen LogP contribution in [0.15, 0.2) is 175 Å². The van der Waals surface area contributed by atoms with Gasteiger partial charge < -0.3 is 4.74 Å². The van der Waals surface area contributed by atoms with Crippen molar-refractivity contribution in [2.75, 3.05) is 0 Å². The van der Waals surface area contributed by atoms with Crippen LogP contribution in [-0.2, 0) is 5.41 Å². The predicted molar refractivity (Wildman–Crippen MR) is 229 cm³/mol. The summed E-state index contributed by atoms with van der Waals surface area (Å²) < 4.78 is 7.12. The Balaban J connectivity index is 1.17. The number of ether oxygens (including phenoxy) is 1. The number of hydrogen-bond acceptors (Lipinski definition) is 3. The van der Waals surface area contributed by atoms with Crippen molar-refractivity contribution in [3.8, 4) is 45.1 Å². The summed E-state index contributed by atoms with van der Waals surface area (Å²) in [6, 6.07) is 50.3. The molecular formula is C53H40N2O. The number of aromatic nitrogens is 2. The number of fused-ring (bicyclic) bond motifs is 9. The quantitative estimate of drug-likeness (QED) is 0.182. The van der Waals surface area contributed by atoms with Crippen LogP contribution < -0.4 is 4.74 Å². The van der Waals surface area contributed by atoms with Crippen LogP contribution in [0.5, 0.6) is 11.5 Å². The van der Waals surface area contributed by atoms with Crippen LogP contribution in [-0.4, -0.2) is 9.97 Å². The third-order valence-corrected chi connectivity index (χ3v) is 12.3. The normalized spacial score (nSPS) is 20.3. The van der Waals surface area contributed by atoms with Gasteiger partial charge in [-0.3, -0.25) is 0 Å². The van der Waals surface area contributed by atoms with Gasteiger partial charge in [0.1, 0.15) is 11.5 Å². The summed E-state index contributed by atoms with van der Waals surface area (Å²) >= 11 is 0. The Morgan fingerprint density at radius 2 is 1.23 bits per heavy atom.